The fraction of sp³-hybridized carbons (Fsp3) is 0.581. The van der Waals surface area contributed by atoms with Gasteiger partial charge in [-0.15, -0.1) is 0 Å². The summed E-state index contributed by atoms with van der Waals surface area (Å²) in [7, 11) is 4.21. The van der Waals surface area contributed by atoms with E-state index in [1.807, 2.05) is 12.4 Å². The molecule has 0 saturated carbocycles. The Kier molecular flexibility index (Phi) is 10.2. The lowest BCUT2D eigenvalue weighted by atomic mass is 9.86. The van der Waals surface area contributed by atoms with Crippen molar-refractivity contribution in [2.45, 2.75) is 64.8 Å². The van der Waals surface area contributed by atoms with Crippen LogP contribution in [0.2, 0.25) is 0 Å². The SMILES string of the molecule is CCc1cnc(N(CC)CCCCOc2ccc(C3=CCC(C(=O)N4CCC(N(C)C)C4)CC3)cc2)nc1. The summed E-state index contributed by atoms with van der Waals surface area (Å²) >= 11 is 0. The van der Waals surface area contributed by atoms with Crippen molar-refractivity contribution in [3.8, 4) is 5.75 Å². The lowest BCUT2D eigenvalue weighted by Gasteiger charge is -2.27. The molecule has 206 valence electrons. The minimum Gasteiger partial charge on any atom is -0.494 e. The normalized spacial score (nSPS) is 19.5. The van der Waals surface area contributed by atoms with E-state index in [0.717, 1.165) is 82.8 Å². The van der Waals surface area contributed by atoms with Crippen LogP contribution in [-0.4, -0.2) is 78.6 Å². The molecule has 38 heavy (non-hydrogen) atoms. The molecule has 0 spiro atoms. The molecule has 1 aliphatic heterocycles. The summed E-state index contributed by atoms with van der Waals surface area (Å²) in [5.74, 6) is 2.20. The number of likely N-dealkylation sites (N-methyl/N-ethyl adjacent to an activating group) is 1. The van der Waals surface area contributed by atoms with Crippen LogP contribution in [0.5, 0.6) is 5.75 Å². The molecular weight excluding hydrogens is 474 g/mol. The van der Waals surface area contributed by atoms with E-state index in [-0.39, 0.29) is 5.92 Å². The summed E-state index contributed by atoms with van der Waals surface area (Å²) in [6.45, 7) is 8.55. The molecule has 0 N–H and O–H groups in total. The average molecular weight is 520 g/mol. The van der Waals surface area contributed by atoms with Crippen LogP contribution in [0.15, 0.2) is 42.7 Å². The molecule has 7 heteroatoms. The standard InChI is InChI=1S/C31H45N5O2/c1-5-24-21-32-31(33-22-24)35(6-2)18-7-8-20-38-29-15-13-26(14-16-29)25-9-11-27(12-10-25)30(37)36-19-17-28(23-36)34(3)4/h9,13-16,21-22,27-28H,5-8,10-12,17-20,23H2,1-4H3. The third-order valence-electron chi connectivity index (χ3n) is 8.05. The van der Waals surface area contributed by atoms with Crippen molar-refractivity contribution < 1.29 is 9.53 Å². The van der Waals surface area contributed by atoms with Crippen molar-refractivity contribution in [3.05, 3.63) is 53.9 Å². The molecule has 1 aromatic heterocycles. The number of likely N-dealkylation sites (tertiary alicyclic amines) is 1. The molecule has 4 rings (SSSR count). The minimum atomic E-state index is 0.133. The van der Waals surface area contributed by atoms with Crippen molar-refractivity contribution in [1.82, 2.24) is 19.8 Å². The summed E-state index contributed by atoms with van der Waals surface area (Å²) in [5, 5.41) is 0. The largest absolute Gasteiger partial charge is 0.494 e. The fourth-order valence-electron chi connectivity index (χ4n) is 5.40. The van der Waals surface area contributed by atoms with Gasteiger partial charge in [0.15, 0.2) is 0 Å². The molecule has 1 aromatic carbocycles. The number of carbonyl (C=O) groups is 1. The van der Waals surface area contributed by atoms with Gasteiger partial charge in [-0.2, -0.15) is 0 Å². The van der Waals surface area contributed by atoms with Crippen molar-refractivity contribution in [2.24, 2.45) is 5.92 Å². The molecule has 2 atom stereocenters. The molecule has 1 aliphatic carbocycles. The van der Waals surface area contributed by atoms with Crippen LogP contribution in [0.1, 0.15) is 63.5 Å². The highest BCUT2D eigenvalue weighted by Crippen LogP contribution is 2.32. The number of anilines is 1. The second kappa shape index (κ2) is 13.7. The Balaban J connectivity index is 1.18. The van der Waals surface area contributed by atoms with Crippen LogP contribution in [0.25, 0.3) is 5.57 Å². The van der Waals surface area contributed by atoms with E-state index in [9.17, 15) is 4.79 Å². The smallest absolute Gasteiger partial charge is 0.226 e. The van der Waals surface area contributed by atoms with E-state index in [0.29, 0.717) is 18.6 Å². The lowest BCUT2D eigenvalue weighted by molar-refractivity contribution is -0.134. The third kappa shape index (κ3) is 7.34. The summed E-state index contributed by atoms with van der Waals surface area (Å²) < 4.78 is 6.01. The van der Waals surface area contributed by atoms with Crippen molar-refractivity contribution in [1.29, 1.82) is 0 Å². The number of carbonyl (C=O) groups excluding carboxylic acids is 1. The number of benzene rings is 1. The maximum absolute atomic E-state index is 13.0. The Bertz CT molecular complexity index is 1050. The van der Waals surface area contributed by atoms with Crippen LogP contribution in [-0.2, 0) is 11.2 Å². The predicted molar refractivity (Wildman–Crippen MR) is 154 cm³/mol. The van der Waals surface area contributed by atoms with Gasteiger partial charge in [0.1, 0.15) is 5.75 Å². The number of allylic oxidation sites excluding steroid dienone is 2. The average Bonchev–Trinajstić information content (AvgIpc) is 3.46. The van der Waals surface area contributed by atoms with Gasteiger partial charge in [0, 0.05) is 50.5 Å². The lowest BCUT2D eigenvalue weighted by Crippen LogP contribution is -2.38. The molecule has 1 amide bonds. The van der Waals surface area contributed by atoms with Crippen molar-refractivity contribution >= 4 is 17.4 Å². The van der Waals surface area contributed by atoms with E-state index in [4.69, 9.17) is 4.74 Å². The van der Waals surface area contributed by atoms with Crippen LogP contribution in [0.3, 0.4) is 0 Å². The summed E-state index contributed by atoms with van der Waals surface area (Å²) in [6, 6.07) is 8.95. The minimum absolute atomic E-state index is 0.133. The zero-order valence-corrected chi connectivity index (χ0v) is 23.7. The maximum Gasteiger partial charge on any atom is 0.226 e. The van der Waals surface area contributed by atoms with Crippen LogP contribution in [0, 0.1) is 5.92 Å². The van der Waals surface area contributed by atoms with Gasteiger partial charge in [0.2, 0.25) is 11.9 Å². The van der Waals surface area contributed by atoms with Gasteiger partial charge in [0.25, 0.3) is 0 Å². The van der Waals surface area contributed by atoms with Crippen molar-refractivity contribution in [3.63, 3.8) is 0 Å². The van der Waals surface area contributed by atoms with Crippen molar-refractivity contribution in [2.75, 3.05) is 51.8 Å². The maximum atomic E-state index is 13.0. The third-order valence-corrected chi connectivity index (χ3v) is 8.05. The van der Waals surface area contributed by atoms with E-state index < -0.39 is 0 Å². The first-order chi connectivity index (χ1) is 18.5. The molecule has 1 fully saturated rings. The highest BCUT2D eigenvalue weighted by molar-refractivity contribution is 5.81. The summed E-state index contributed by atoms with van der Waals surface area (Å²) in [6.07, 6.45) is 12.9. The Hall–Kier alpha value is -2.93. The van der Waals surface area contributed by atoms with Gasteiger partial charge in [-0.05, 0) is 94.8 Å². The quantitative estimate of drug-likeness (QED) is 0.365. The number of hydrogen-bond donors (Lipinski definition) is 0. The molecule has 2 aromatic rings. The Labute approximate surface area is 228 Å². The Morgan fingerprint density at radius 1 is 1.08 bits per heavy atom. The molecule has 2 unspecified atom stereocenters. The molecular formula is C31H45N5O2. The fourth-order valence-corrected chi connectivity index (χ4v) is 5.40. The number of amides is 1. The zero-order chi connectivity index (χ0) is 26.9. The highest BCUT2D eigenvalue weighted by atomic mass is 16.5. The van der Waals surface area contributed by atoms with Gasteiger partial charge < -0.3 is 19.4 Å². The van der Waals surface area contributed by atoms with E-state index in [1.165, 1.54) is 16.7 Å². The zero-order valence-electron chi connectivity index (χ0n) is 23.7. The van der Waals surface area contributed by atoms with Gasteiger partial charge in [-0.1, -0.05) is 25.1 Å². The number of ether oxygens (including phenoxy) is 1. The Morgan fingerprint density at radius 3 is 2.45 bits per heavy atom. The number of aromatic nitrogens is 2. The molecule has 0 bridgehead atoms. The summed E-state index contributed by atoms with van der Waals surface area (Å²) in [4.78, 5) is 28.6. The Morgan fingerprint density at radius 2 is 1.84 bits per heavy atom. The number of unbranched alkanes of at least 4 members (excludes halogenated alkanes) is 1. The highest BCUT2D eigenvalue weighted by Gasteiger charge is 2.32. The topological polar surface area (TPSA) is 61.8 Å². The van der Waals surface area contributed by atoms with Gasteiger partial charge >= 0.3 is 0 Å². The first kappa shape index (κ1) is 28.1. The second-order valence-corrected chi connectivity index (χ2v) is 10.8. The number of aryl methyl sites for hydroxylation is 1. The number of hydrogen-bond acceptors (Lipinski definition) is 6. The molecule has 1 saturated heterocycles. The molecule has 2 heterocycles. The van der Waals surface area contributed by atoms with Gasteiger partial charge in [-0.3, -0.25) is 4.79 Å². The van der Waals surface area contributed by atoms with Gasteiger partial charge in [0.05, 0.1) is 6.61 Å². The number of nitrogens with zero attached hydrogens (tertiary/aromatic N) is 5. The van der Waals surface area contributed by atoms with E-state index >= 15 is 0 Å². The first-order valence-electron chi connectivity index (χ1n) is 14.4. The van der Waals surface area contributed by atoms with Crippen LogP contribution < -0.4 is 9.64 Å². The number of rotatable bonds is 12. The predicted octanol–water partition coefficient (Wildman–Crippen LogP) is 5.07. The molecule has 0 radical (unpaired) electrons. The molecule has 2 aliphatic rings. The van der Waals surface area contributed by atoms with Crippen LogP contribution in [0.4, 0.5) is 5.95 Å². The van der Waals surface area contributed by atoms with E-state index in [1.54, 1.807) is 0 Å². The first-order valence-corrected chi connectivity index (χ1v) is 14.4. The molecule has 7 nitrogen and oxygen atoms in total. The van der Waals surface area contributed by atoms with E-state index in [2.05, 4.69) is 83.0 Å². The second-order valence-electron chi connectivity index (χ2n) is 10.8. The van der Waals surface area contributed by atoms with Gasteiger partial charge in [-0.25, -0.2) is 9.97 Å². The summed E-state index contributed by atoms with van der Waals surface area (Å²) in [5.41, 5.74) is 3.76. The van der Waals surface area contributed by atoms with Crippen LogP contribution >= 0.6 is 0 Å². The monoisotopic (exact) mass is 519 g/mol.